The fraction of sp³-hybridized carbons (Fsp3) is 0.409. The molecule has 0 N–H and O–H groups in total. The molecule has 0 bridgehead atoms. The average Bonchev–Trinajstić information content (AvgIpc) is 3.43. The Hall–Kier alpha value is -2.74. The van der Waals surface area contributed by atoms with E-state index in [1.807, 2.05) is 52.6 Å². The number of amides is 1. The molecule has 4 rings (SSSR count). The zero-order valence-electron chi connectivity index (χ0n) is 17.2. The van der Waals surface area contributed by atoms with Crippen LogP contribution in [0.15, 0.2) is 52.1 Å². The molecule has 3 heterocycles. The summed E-state index contributed by atoms with van der Waals surface area (Å²) in [6.45, 7) is 5.61. The van der Waals surface area contributed by atoms with Crippen molar-refractivity contribution in [3.05, 3.63) is 52.7 Å². The fourth-order valence-electron chi connectivity index (χ4n) is 3.85. The Kier molecular flexibility index (Phi) is 6.13. The molecular weight excluding hydrogens is 402 g/mol. The van der Waals surface area contributed by atoms with E-state index in [2.05, 4.69) is 4.99 Å². The Morgan fingerprint density at radius 2 is 1.93 bits per heavy atom. The van der Waals surface area contributed by atoms with Gasteiger partial charge in [0.1, 0.15) is 5.75 Å². The average molecular weight is 428 g/mol. The lowest BCUT2D eigenvalue weighted by Gasteiger charge is -2.33. The molecule has 0 unspecified atom stereocenters. The maximum atomic E-state index is 12.7. The predicted octanol–water partition coefficient (Wildman–Crippen LogP) is 3.46. The number of rotatable bonds is 6. The molecule has 0 spiro atoms. The van der Waals surface area contributed by atoms with Crippen LogP contribution < -0.4 is 4.74 Å². The third-order valence-electron chi connectivity index (χ3n) is 5.33. The summed E-state index contributed by atoms with van der Waals surface area (Å²) < 4.78 is 11.0. The number of amidine groups is 1. The van der Waals surface area contributed by atoms with Crippen molar-refractivity contribution in [3.8, 4) is 5.75 Å². The zero-order valence-corrected chi connectivity index (χ0v) is 18.0. The van der Waals surface area contributed by atoms with Gasteiger partial charge in [-0.15, -0.1) is 0 Å². The van der Waals surface area contributed by atoms with Gasteiger partial charge in [-0.05, 0) is 49.8 Å². The van der Waals surface area contributed by atoms with Crippen molar-refractivity contribution in [3.63, 3.8) is 0 Å². The van der Waals surface area contributed by atoms with Crippen LogP contribution in [0.4, 0.5) is 0 Å². The first kappa shape index (κ1) is 20.5. The number of carbonyl (C=O) groups is 2. The molecule has 0 saturated carbocycles. The van der Waals surface area contributed by atoms with Crippen LogP contribution in [0, 0.1) is 0 Å². The van der Waals surface area contributed by atoms with Crippen molar-refractivity contribution in [2.75, 3.05) is 26.3 Å². The highest BCUT2D eigenvalue weighted by Crippen LogP contribution is 2.41. The number of esters is 1. The number of aliphatic imine (C=N–C) groups is 1. The number of thioether (sulfide) groups is 1. The van der Waals surface area contributed by atoms with Gasteiger partial charge in [-0.25, -0.2) is 9.79 Å². The minimum atomic E-state index is -0.357. The van der Waals surface area contributed by atoms with Crippen LogP contribution in [-0.4, -0.2) is 53.1 Å². The lowest BCUT2D eigenvalue weighted by atomic mass is 9.95. The third kappa shape index (κ3) is 4.09. The second-order valence-electron chi connectivity index (χ2n) is 7.27. The second kappa shape index (κ2) is 8.95. The van der Waals surface area contributed by atoms with Gasteiger partial charge in [0.2, 0.25) is 0 Å². The summed E-state index contributed by atoms with van der Waals surface area (Å²) in [5, 5.41) is 2.79. The van der Waals surface area contributed by atoms with E-state index in [-0.39, 0.29) is 24.5 Å². The molecular formula is C22H25N3O4S. The minimum absolute atomic E-state index is 0.0205. The summed E-state index contributed by atoms with van der Waals surface area (Å²) in [6, 6.07) is 7.20. The predicted molar refractivity (Wildman–Crippen MR) is 116 cm³/mol. The largest absolute Gasteiger partial charge is 0.484 e. The van der Waals surface area contributed by atoms with Gasteiger partial charge in [-0.1, -0.05) is 23.9 Å². The van der Waals surface area contributed by atoms with Crippen LogP contribution in [-0.2, 0) is 14.3 Å². The van der Waals surface area contributed by atoms with Crippen LogP contribution in [0.25, 0.3) is 0 Å². The van der Waals surface area contributed by atoms with E-state index in [1.165, 1.54) is 11.8 Å². The molecule has 1 aromatic carbocycles. The van der Waals surface area contributed by atoms with E-state index >= 15 is 0 Å². The van der Waals surface area contributed by atoms with E-state index in [0.29, 0.717) is 23.6 Å². The lowest BCUT2D eigenvalue weighted by molar-refractivity contribution is -0.139. The molecule has 1 fully saturated rings. The molecule has 1 saturated heterocycles. The number of carbonyl (C=O) groups excluding carboxylic acids is 2. The van der Waals surface area contributed by atoms with Gasteiger partial charge < -0.3 is 19.3 Å². The molecule has 7 nitrogen and oxygen atoms in total. The van der Waals surface area contributed by atoms with Crippen molar-refractivity contribution in [2.45, 2.75) is 32.7 Å². The third-order valence-corrected chi connectivity index (χ3v) is 6.10. The van der Waals surface area contributed by atoms with Crippen LogP contribution in [0.2, 0.25) is 0 Å². The Bertz CT molecular complexity index is 917. The van der Waals surface area contributed by atoms with Gasteiger partial charge in [0.05, 0.1) is 23.9 Å². The number of allylic oxidation sites excluding steroid dienone is 1. The second-order valence-corrected chi connectivity index (χ2v) is 8.15. The Labute approximate surface area is 180 Å². The van der Waals surface area contributed by atoms with Crippen molar-refractivity contribution in [2.24, 2.45) is 4.99 Å². The highest BCUT2D eigenvalue weighted by atomic mass is 32.2. The molecule has 1 atom stereocenters. The van der Waals surface area contributed by atoms with E-state index in [9.17, 15) is 9.59 Å². The van der Waals surface area contributed by atoms with E-state index in [1.54, 1.807) is 6.92 Å². The zero-order chi connectivity index (χ0) is 21.1. The summed E-state index contributed by atoms with van der Waals surface area (Å²) in [7, 11) is 0. The SMILES string of the molecule is CCOC(=O)C1=C(C)N=C2SC=CN2[C@@H]1c1ccc(OCC(=O)N2CCCC2)cc1. The number of hydrogen-bond donors (Lipinski definition) is 0. The number of hydrogen-bond acceptors (Lipinski definition) is 7. The molecule has 0 radical (unpaired) electrons. The monoisotopic (exact) mass is 427 g/mol. The highest BCUT2D eigenvalue weighted by Gasteiger charge is 2.37. The van der Waals surface area contributed by atoms with Gasteiger partial charge in [0.25, 0.3) is 5.91 Å². The molecule has 158 valence electrons. The van der Waals surface area contributed by atoms with Crippen LogP contribution in [0.1, 0.15) is 38.3 Å². The molecule has 8 heteroatoms. The number of likely N-dealkylation sites (tertiary alicyclic amines) is 1. The topological polar surface area (TPSA) is 71.4 Å². The van der Waals surface area contributed by atoms with Gasteiger partial charge >= 0.3 is 5.97 Å². The smallest absolute Gasteiger partial charge is 0.338 e. The summed E-state index contributed by atoms with van der Waals surface area (Å²) in [5.74, 6) is 0.289. The van der Waals surface area contributed by atoms with Crippen molar-refractivity contribution >= 4 is 28.8 Å². The maximum Gasteiger partial charge on any atom is 0.338 e. The molecule has 0 aliphatic carbocycles. The Balaban J connectivity index is 1.52. The molecule has 1 aromatic rings. The van der Waals surface area contributed by atoms with Crippen LogP contribution in [0.3, 0.4) is 0 Å². The molecule has 3 aliphatic rings. The number of nitrogens with zero attached hydrogens (tertiary/aromatic N) is 3. The van der Waals surface area contributed by atoms with Gasteiger partial charge in [0.15, 0.2) is 11.8 Å². The van der Waals surface area contributed by atoms with E-state index in [0.717, 1.165) is 36.7 Å². The quantitative estimate of drug-likeness (QED) is 0.648. The van der Waals surface area contributed by atoms with Gasteiger partial charge in [-0.2, -0.15) is 0 Å². The summed E-state index contributed by atoms with van der Waals surface area (Å²) in [5.41, 5.74) is 2.12. The Morgan fingerprint density at radius 3 is 2.63 bits per heavy atom. The van der Waals surface area contributed by atoms with Crippen molar-refractivity contribution in [1.82, 2.24) is 9.80 Å². The van der Waals surface area contributed by atoms with E-state index < -0.39 is 0 Å². The maximum absolute atomic E-state index is 12.7. The number of fused-ring (bicyclic) bond motifs is 1. The van der Waals surface area contributed by atoms with Crippen molar-refractivity contribution in [1.29, 1.82) is 0 Å². The van der Waals surface area contributed by atoms with Crippen molar-refractivity contribution < 1.29 is 19.1 Å². The van der Waals surface area contributed by atoms with E-state index in [4.69, 9.17) is 9.47 Å². The fourth-order valence-corrected chi connectivity index (χ4v) is 4.64. The molecule has 30 heavy (non-hydrogen) atoms. The summed E-state index contributed by atoms with van der Waals surface area (Å²) in [4.78, 5) is 33.3. The first-order valence-corrected chi connectivity index (χ1v) is 11.0. The first-order valence-electron chi connectivity index (χ1n) is 10.2. The normalized spacial score (nSPS) is 20.3. The molecule has 3 aliphatic heterocycles. The minimum Gasteiger partial charge on any atom is -0.484 e. The summed E-state index contributed by atoms with van der Waals surface area (Å²) >= 11 is 1.52. The van der Waals surface area contributed by atoms with Crippen LogP contribution >= 0.6 is 11.8 Å². The number of ether oxygens (including phenoxy) is 2. The molecule has 0 aromatic heterocycles. The highest BCUT2D eigenvalue weighted by molar-refractivity contribution is 8.16. The standard InChI is InChI=1S/C22H25N3O4S/c1-3-28-21(27)19-15(2)23-22-25(12-13-30-22)20(19)16-6-8-17(9-7-16)29-14-18(26)24-10-4-5-11-24/h6-9,12-13,20H,3-5,10-11,14H2,1-2H3/t20-/m1/s1. The number of benzene rings is 1. The van der Waals surface area contributed by atoms with Crippen LogP contribution in [0.5, 0.6) is 5.75 Å². The lowest BCUT2D eigenvalue weighted by Crippen LogP contribution is -2.34. The summed E-state index contributed by atoms with van der Waals surface area (Å²) in [6.07, 6.45) is 4.05. The van der Waals surface area contributed by atoms with Gasteiger partial charge in [0, 0.05) is 19.3 Å². The molecule has 1 amide bonds. The Morgan fingerprint density at radius 1 is 1.20 bits per heavy atom. The van der Waals surface area contributed by atoms with Gasteiger partial charge in [-0.3, -0.25) is 4.79 Å². The first-order chi connectivity index (χ1) is 14.6.